The molecular weight excluding hydrogens is 197 g/mol. The maximum atomic E-state index is 10.4. The van der Waals surface area contributed by atoms with Gasteiger partial charge >= 0.3 is 8.03 Å². The minimum absolute atomic E-state index is 0.176. The molecule has 0 aliphatic carbocycles. The van der Waals surface area contributed by atoms with Crippen molar-refractivity contribution in [1.82, 2.24) is 0 Å². The summed E-state index contributed by atoms with van der Waals surface area (Å²) in [4.78, 5) is 10.4. The fourth-order valence-corrected chi connectivity index (χ4v) is 1.65. The van der Waals surface area contributed by atoms with Crippen molar-refractivity contribution in [3.05, 3.63) is 23.3 Å². The van der Waals surface area contributed by atoms with Gasteiger partial charge in [0.25, 0.3) is 0 Å². The molecule has 0 spiro atoms. The lowest BCUT2D eigenvalue weighted by molar-refractivity contribution is -0.163. The van der Waals surface area contributed by atoms with Gasteiger partial charge < -0.3 is 10.6 Å². The first-order chi connectivity index (χ1) is 6.56. The molecule has 0 heterocycles. The zero-order chi connectivity index (χ0) is 11.0. The summed E-state index contributed by atoms with van der Waals surface area (Å²) in [6, 6.07) is 0. The first-order valence-corrected chi connectivity index (χ1v) is 6.05. The number of allylic oxidation sites excluding steroid dienone is 3. The van der Waals surface area contributed by atoms with Crippen LogP contribution < -0.4 is 10.6 Å². The van der Waals surface area contributed by atoms with E-state index in [1.165, 1.54) is 5.57 Å². The Labute approximate surface area is 86.6 Å². The van der Waals surface area contributed by atoms with E-state index in [2.05, 4.69) is 0 Å². The maximum Gasteiger partial charge on any atom is 0.313 e. The summed E-state index contributed by atoms with van der Waals surface area (Å²) in [5.41, 5.74) is 7.53. The Balaban J connectivity index is 3.81. The molecule has 0 aromatic rings. The Bertz CT molecular complexity index is 247. The zero-order valence-corrected chi connectivity index (χ0v) is 9.72. The second-order valence-corrected chi connectivity index (χ2v) is 4.35. The van der Waals surface area contributed by atoms with Gasteiger partial charge in [0.1, 0.15) is 0 Å². The van der Waals surface area contributed by atoms with Crippen LogP contribution in [-0.4, -0.2) is 12.7 Å². The van der Waals surface area contributed by atoms with E-state index in [1.807, 2.05) is 26.0 Å². The highest BCUT2D eigenvalue weighted by Crippen LogP contribution is 2.14. The lowest BCUT2D eigenvalue weighted by Gasteiger charge is -1.98. The quantitative estimate of drug-likeness (QED) is 0.542. The van der Waals surface area contributed by atoms with Crippen LogP contribution in [0.2, 0.25) is 0 Å². The van der Waals surface area contributed by atoms with Crippen molar-refractivity contribution in [2.75, 3.05) is 12.7 Å². The standard InChI is InChI=1S/C10H18NO2P/c1-9(6-7-11)4-3-5-10(2)8-14(12)13/h5-6H,3-4,7-8,11H2,1-2H3. The van der Waals surface area contributed by atoms with E-state index in [4.69, 9.17) is 5.73 Å². The van der Waals surface area contributed by atoms with Gasteiger partial charge in [-0.15, -0.1) is 0 Å². The van der Waals surface area contributed by atoms with Gasteiger partial charge in [-0.1, -0.05) is 22.3 Å². The van der Waals surface area contributed by atoms with Crippen LogP contribution in [0.25, 0.3) is 0 Å². The summed E-state index contributed by atoms with van der Waals surface area (Å²) in [6.07, 6.45) is 5.97. The number of hydrogen-bond donors (Lipinski definition) is 1. The first-order valence-electron chi connectivity index (χ1n) is 4.69. The molecule has 0 aromatic heterocycles. The molecule has 0 aliphatic heterocycles. The van der Waals surface area contributed by atoms with Crippen molar-refractivity contribution in [3.63, 3.8) is 0 Å². The molecule has 1 atom stereocenters. The summed E-state index contributed by atoms with van der Waals surface area (Å²) in [7, 11) is -2.28. The zero-order valence-electron chi connectivity index (χ0n) is 8.82. The highest BCUT2D eigenvalue weighted by molar-refractivity contribution is 7.36. The summed E-state index contributed by atoms with van der Waals surface area (Å²) >= 11 is 0. The van der Waals surface area contributed by atoms with E-state index < -0.39 is 8.03 Å². The third kappa shape index (κ3) is 8.11. The van der Waals surface area contributed by atoms with Gasteiger partial charge in [0.2, 0.25) is 0 Å². The largest absolute Gasteiger partial charge is 0.595 e. The fourth-order valence-electron chi connectivity index (χ4n) is 1.12. The Morgan fingerprint density at radius 1 is 1.36 bits per heavy atom. The molecule has 0 fully saturated rings. The molecule has 80 valence electrons. The highest BCUT2D eigenvalue weighted by Gasteiger charge is 2.00. The van der Waals surface area contributed by atoms with E-state index in [0.29, 0.717) is 6.54 Å². The molecule has 0 bridgehead atoms. The average molecular weight is 215 g/mol. The molecule has 2 N–H and O–H groups in total. The van der Waals surface area contributed by atoms with Gasteiger partial charge in [0.15, 0.2) is 6.16 Å². The summed E-state index contributed by atoms with van der Waals surface area (Å²) in [5.74, 6) is 0. The Morgan fingerprint density at radius 2 is 2.00 bits per heavy atom. The predicted octanol–water partition coefficient (Wildman–Crippen LogP) is 1.72. The molecule has 0 rings (SSSR count). The molecule has 3 nitrogen and oxygen atoms in total. The van der Waals surface area contributed by atoms with Crippen molar-refractivity contribution < 1.29 is 9.46 Å². The van der Waals surface area contributed by atoms with Crippen LogP contribution in [0.5, 0.6) is 0 Å². The lowest BCUT2D eigenvalue weighted by Crippen LogP contribution is -1.94. The van der Waals surface area contributed by atoms with Gasteiger partial charge in [0, 0.05) is 6.54 Å². The minimum atomic E-state index is -2.28. The molecule has 14 heavy (non-hydrogen) atoms. The molecule has 0 saturated carbocycles. The van der Waals surface area contributed by atoms with Gasteiger partial charge in [-0.3, -0.25) is 0 Å². The van der Waals surface area contributed by atoms with Crippen molar-refractivity contribution in [2.45, 2.75) is 26.7 Å². The minimum Gasteiger partial charge on any atom is -0.595 e. The molecular formula is C10H18NO2P. The Kier molecular flexibility index (Phi) is 7.58. The van der Waals surface area contributed by atoms with E-state index in [1.54, 1.807) is 0 Å². The average Bonchev–Trinajstić information content (AvgIpc) is 2.02. The van der Waals surface area contributed by atoms with Gasteiger partial charge in [-0.2, -0.15) is 0 Å². The van der Waals surface area contributed by atoms with Gasteiger partial charge in [-0.25, -0.2) is 0 Å². The SMILES string of the molecule is CC(=CCN)CCC=C(C)C[P+](=O)[O-]. The summed E-state index contributed by atoms with van der Waals surface area (Å²) in [6.45, 7) is 4.44. The van der Waals surface area contributed by atoms with Crippen LogP contribution in [0.1, 0.15) is 26.7 Å². The van der Waals surface area contributed by atoms with Crippen LogP contribution in [0.4, 0.5) is 0 Å². The third-order valence-electron chi connectivity index (χ3n) is 1.88. The highest BCUT2D eigenvalue weighted by atomic mass is 31.1. The lowest BCUT2D eigenvalue weighted by atomic mass is 10.1. The first kappa shape index (κ1) is 13.5. The smallest absolute Gasteiger partial charge is 0.313 e. The topological polar surface area (TPSA) is 66.2 Å². The van der Waals surface area contributed by atoms with Crippen molar-refractivity contribution in [3.8, 4) is 0 Å². The molecule has 0 amide bonds. The van der Waals surface area contributed by atoms with Crippen molar-refractivity contribution in [2.24, 2.45) is 5.73 Å². The number of hydrogen-bond acceptors (Lipinski definition) is 3. The summed E-state index contributed by atoms with van der Waals surface area (Å²) < 4.78 is 10.4. The van der Waals surface area contributed by atoms with E-state index in [-0.39, 0.29) is 6.16 Å². The van der Waals surface area contributed by atoms with Gasteiger partial charge in [0.05, 0.1) is 0 Å². The van der Waals surface area contributed by atoms with Crippen LogP contribution in [0.3, 0.4) is 0 Å². The van der Waals surface area contributed by atoms with Crippen LogP contribution >= 0.6 is 8.03 Å². The molecule has 0 saturated heterocycles. The summed E-state index contributed by atoms with van der Waals surface area (Å²) in [5, 5.41) is 0. The molecule has 0 aliphatic rings. The number of nitrogens with two attached hydrogens (primary N) is 1. The Morgan fingerprint density at radius 3 is 2.50 bits per heavy atom. The van der Waals surface area contributed by atoms with Crippen molar-refractivity contribution in [1.29, 1.82) is 0 Å². The maximum absolute atomic E-state index is 10.4. The molecule has 0 aromatic carbocycles. The molecule has 4 heteroatoms. The van der Waals surface area contributed by atoms with Crippen LogP contribution in [-0.2, 0) is 4.57 Å². The van der Waals surface area contributed by atoms with Gasteiger partial charge in [-0.05, 0) is 32.3 Å². The fraction of sp³-hybridized carbons (Fsp3) is 0.600. The van der Waals surface area contributed by atoms with E-state index in [0.717, 1.165) is 18.4 Å². The second kappa shape index (κ2) is 7.86. The Hall–Kier alpha value is -0.500. The molecule has 0 radical (unpaired) electrons. The second-order valence-electron chi connectivity index (χ2n) is 3.37. The van der Waals surface area contributed by atoms with Crippen molar-refractivity contribution >= 4 is 8.03 Å². The van der Waals surface area contributed by atoms with E-state index >= 15 is 0 Å². The van der Waals surface area contributed by atoms with Crippen LogP contribution in [0.15, 0.2) is 23.3 Å². The third-order valence-corrected chi connectivity index (χ3v) is 2.63. The normalized spacial score (nSPS) is 14.4. The number of rotatable bonds is 6. The monoisotopic (exact) mass is 215 g/mol. The predicted molar refractivity (Wildman–Crippen MR) is 58.3 cm³/mol. The molecule has 1 unspecified atom stereocenters. The van der Waals surface area contributed by atoms with E-state index in [9.17, 15) is 9.46 Å². The van der Waals surface area contributed by atoms with Crippen LogP contribution in [0, 0.1) is 0 Å².